The highest BCUT2D eigenvalue weighted by Crippen LogP contribution is 2.45. The van der Waals surface area contributed by atoms with E-state index in [-0.39, 0.29) is 18.4 Å². The van der Waals surface area contributed by atoms with E-state index in [4.69, 9.17) is 16.3 Å². The van der Waals surface area contributed by atoms with Crippen LogP contribution in [0.3, 0.4) is 0 Å². The van der Waals surface area contributed by atoms with Gasteiger partial charge in [0, 0.05) is 18.2 Å². The van der Waals surface area contributed by atoms with Gasteiger partial charge in [-0.1, -0.05) is 24.4 Å². The normalized spacial score (nSPS) is 26.2. The Morgan fingerprint density at radius 3 is 2.71 bits per heavy atom. The van der Waals surface area contributed by atoms with Crippen LogP contribution in [-0.4, -0.2) is 41.2 Å². The number of hydrogen-bond acceptors (Lipinski definition) is 4. The summed E-state index contributed by atoms with van der Waals surface area (Å²) in [4.78, 5) is 15.3. The van der Waals surface area contributed by atoms with Crippen LogP contribution < -0.4 is 4.74 Å². The van der Waals surface area contributed by atoms with Crippen molar-refractivity contribution >= 4 is 17.5 Å². The van der Waals surface area contributed by atoms with E-state index in [0.717, 1.165) is 32.2 Å². The van der Waals surface area contributed by atoms with Crippen LogP contribution in [-0.2, 0) is 11.2 Å². The van der Waals surface area contributed by atoms with Gasteiger partial charge in [0.1, 0.15) is 5.75 Å². The van der Waals surface area contributed by atoms with Crippen molar-refractivity contribution in [1.82, 2.24) is 4.90 Å². The number of piperidine rings is 1. The molecule has 0 radical (unpaired) electrons. The van der Waals surface area contributed by atoms with Gasteiger partial charge in [-0.15, -0.1) is 0 Å². The Morgan fingerprint density at radius 2 is 2.06 bits per heavy atom. The first kappa shape index (κ1) is 23.9. The van der Waals surface area contributed by atoms with Crippen molar-refractivity contribution in [3.63, 3.8) is 0 Å². The van der Waals surface area contributed by atoms with Gasteiger partial charge in [-0.05, 0) is 76.3 Å². The van der Waals surface area contributed by atoms with Crippen molar-refractivity contribution < 1.29 is 14.6 Å². The molecule has 3 rings (SSSR count). The molecule has 1 saturated heterocycles. The predicted molar refractivity (Wildman–Crippen MR) is 122 cm³/mol. The molecular weight excluding hydrogens is 412 g/mol. The summed E-state index contributed by atoms with van der Waals surface area (Å²) < 4.78 is 5.28. The molecule has 4 atom stereocenters. The Labute approximate surface area is 191 Å². The minimum atomic E-state index is -0.621. The number of nitriles is 1. The van der Waals surface area contributed by atoms with Crippen LogP contribution in [0.1, 0.15) is 70.4 Å². The van der Waals surface area contributed by atoms with Crippen molar-refractivity contribution in [3.05, 3.63) is 28.3 Å². The highest BCUT2D eigenvalue weighted by Gasteiger charge is 2.42. The lowest BCUT2D eigenvalue weighted by atomic mass is 9.64. The highest BCUT2D eigenvalue weighted by atomic mass is 35.5. The van der Waals surface area contributed by atoms with Gasteiger partial charge in [-0.2, -0.15) is 5.26 Å². The Hall–Kier alpha value is -1.77. The molecule has 1 N–H and O–H groups in total. The number of likely N-dealkylation sites (tertiary alicyclic amines) is 1. The van der Waals surface area contributed by atoms with Crippen LogP contribution in [0.15, 0.2) is 12.1 Å². The zero-order valence-electron chi connectivity index (χ0n) is 19.2. The summed E-state index contributed by atoms with van der Waals surface area (Å²) in [5.74, 6) is 2.25. The Bertz CT molecular complexity index is 842. The molecule has 6 heteroatoms. The number of fused-ring (bicyclic) bond motifs is 1. The molecule has 1 amide bonds. The number of amides is 1. The van der Waals surface area contributed by atoms with Gasteiger partial charge in [0.05, 0.1) is 35.8 Å². The molecule has 2 fully saturated rings. The van der Waals surface area contributed by atoms with E-state index in [9.17, 15) is 15.2 Å². The number of methoxy groups -OCH3 is 1. The van der Waals surface area contributed by atoms with Gasteiger partial charge in [0.15, 0.2) is 0 Å². The molecule has 1 aliphatic carbocycles. The number of rotatable bonds is 6. The van der Waals surface area contributed by atoms with E-state index in [0.29, 0.717) is 39.7 Å². The average molecular weight is 447 g/mol. The maximum Gasteiger partial charge on any atom is 0.227 e. The van der Waals surface area contributed by atoms with E-state index in [1.54, 1.807) is 12.1 Å². The third-order valence-corrected chi connectivity index (χ3v) is 7.82. The van der Waals surface area contributed by atoms with E-state index in [1.807, 2.05) is 18.7 Å². The summed E-state index contributed by atoms with van der Waals surface area (Å²) in [5.41, 5.74) is 0.351. The summed E-state index contributed by atoms with van der Waals surface area (Å²) in [6.07, 6.45) is 6.56. The number of benzene rings is 1. The van der Waals surface area contributed by atoms with E-state index in [1.165, 1.54) is 20.0 Å². The molecule has 0 aromatic heterocycles. The van der Waals surface area contributed by atoms with Gasteiger partial charge in [-0.25, -0.2) is 0 Å². The lowest BCUT2D eigenvalue weighted by molar-refractivity contribution is -0.138. The molecule has 2 aliphatic rings. The smallest absolute Gasteiger partial charge is 0.227 e. The number of carbonyl (C=O) groups is 1. The third-order valence-electron chi connectivity index (χ3n) is 7.41. The summed E-state index contributed by atoms with van der Waals surface area (Å²) in [7, 11) is 1.53. The first-order valence-electron chi connectivity index (χ1n) is 11.4. The van der Waals surface area contributed by atoms with E-state index in [2.05, 4.69) is 13.0 Å². The third kappa shape index (κ3) is 5.35. The van der Waals surface area contributed by atoms with Crippen LogP contribution in [0.4, 0.5) is 0 Å². The zero-order chi connectivity index (χ0) is 22.8. The molecule has 1 aromatic carbocycles. The van der Waals surface area contributed by atoms with E-state index < -0.39 is 5.60 Å². The zero-order valence-corrected chi connectivity index (χ0v) is 19.9. The van der Waals surface area contributed by atoms with Gasteiger partial charge in [0.2, 0.25) is 5.91 Å². The number of ether oxygens (including phenoxy) is 1. The van der Waals surface area contributed by atoms with Crippen molar-refractivity contribution in [2.45, 2.75) is 77.4 Å². The van der Waals surface area contributed by atoms with Crippen LogP contribution in [0, 0.1) is 29.1 Å². The monoisotopic (exact) mass is 446 g/mol. The lowest BCUT2D eigenvalue weighted by Crippen LogP contribution is -2.53. The summed E-state index contributed by atoms with van der Waals surface area (Å²) >= 11 is 6.45. The van der Waals surface area contributed by atoms with Crippen molar-refractivity contribution in [2.75, 3.05) is 13.7 Å². The fourth-order valence-electron chi connectivity index (χ4n) is 5.70. The molecule has 1 aliphatic heterocycles. The quantitative estimate of drug-likeness (QED) is 0.669. The number of nitrogens with zero attached hydrogens (tertiary/aromatic N) is 2. The second-order valence-corrected chi connectivity index (χ2v) is 10.3. The van der Waals surface area contributed by atoms with Crippen LogP contribution >= 0.6 is 11.6 Å². The number of hydrogen-bond donors (Lipinski definition) is 1. The van der Waals surface area contributed by atoms with Crippen molar-refractivity contribution in [1.29, 1.82) is 5.26 Å². The Kier molecular flexibility index (Phi) is 7.55. The first-order valence-corrected chi connectivity index (χ1v) is 11.8. The second kappa shape index (κ2) is 9.79. The number of aliphatic hydroxyl groups is 1. The average Bonchev–Trinajstić information content (AvgIpc) is 2.73. The molecule has 170 valence electrons. The molecule has 1 heterocycles. The Morgan fingerprint density at radius 1 is 1.32 bits per heavy atom. The number of carbonyl (C=O) groups excluding carboxylic acids is 1. The topological polar surface area (TPSA) is 73.6 Å². The molecule has 0 spiro atoms. The summed E-state index contributed by atoms with van der Waals surface area (Å²) in [6.45, 7) is 6.68. The number of halogens is 1. The van der Waals surface area contributed by atoms with Gasteiger partial charge >= 0.3 is 0 Å². The first-order chi connectivity index (χ1) is 14.7. The Balaban J connectivity index is 1.72. The minimum absolute atomic E-state index is 0.0243. The van der Waals surface area contributed by atoms with Gasteiger partial charge < -0.3 is 14.7 Å². The second-order valence-electron chi connectivity index (χ2n) is 9.88. The molecule has 1 unspecified atom stereocenters. The van der Waals surface area contributed by atoms with Crippen molar-refractivity contribution in [3.8, 4) is 11.8 Å². The minimum Gasteiger partial charge on any atom is -0.495 e. The standard InChI is InChI=1S/C25H35ClN2O3/c1-16-19-7-5-6-17(10-12-25(2,3)30)20(19)11-13-28(16)23(29)14-21-18(15-27)8-9-22(31-4)24(21)26/h8-9,16-17,19-20,30H,5-7,10-14H2,1-4H3/t16-,17?,19+,20-/m0/s1. The largest absolute Gasteiger partial charge is 0.495 e. The fourth-order valence-corrected chi connectivity index (χ4v) is 6.01. The van der Waals surface area contributed by atoms with Crippen molar-refractivity contribution in [2.24, 2.45) is 17.8 Å². The summed E-state index contributed by atoms with van der Waals surface area (Å²) in [5, 5.41) is 20.0. The maximum absolute atomic E-state index is 13.3. The molecular formula is C25H35ClN2O3. The van der Waals surface area contributed by atoms with Crippen LogP contribution in [0.2, 0.25) is 5.02 Å². The van der Waals surface area contributed by atoms with Gasteiger partial charge in [-0.3, -0.25) is 4.79 Å². The fraction of sp³-hybridized carbons (Fsp3) is 0.680. The molecule has 0 bridgehead atoms. The molecule has 5 nitrogen and oxygen atoms in total. The summed E-state index contributed by atoms with van der Waals surface area (Å²) in [6, 6.07) is 5.66. The molecule has 31 heavy (non-hydrogen) atoms. The van der Waals surface area contributed by atoms with Gasteiger partial charge in [0.25, 0.3) is 0 Å². The predicted octanol–water partition coefficient (Wildman–Crippen LogP) is 4.97. The van der Waals surface area contributed by atoms with Crippen LogP contribution in [0.25, 0.3) is 0 Å². The lowest BCUT2D eigenvalue weighted by Gasteiger charge is -2.50. The SMILES string of the molecule is COc1ccc(C#N)c(CC(=O)N2CC[C@H]3C(CCC(C)(C)O)CCC[C@@H]3[C@@H]2C)c1Cl. The molecule has 1 aromatic rings. The maximum atomic E-state index is 13.3. The highest BCUT2D eigenvalue weighted by molar-refractivity contribution is 6.33. The molecule has 1 saturated carbocycles. The van der Waals surface area contributed by atoms with E-state index >= 15 is 0 Å². The van der Waals surface area contributed by atoms with Crippen LogP contribution in [0.5, 0.6) is 5.75 Å².